The minimum Gasteiger partial charge on any atom is -0.378 e. The first-order valence-corrected chi connectivity index (χ1v) is 7.66. The Kier molecular flexibility index (Phi) is 4.12. The van der Waals surface area contributed by atoms with Crippen LogP contribution in [0.2, 0.25) is 0 Å². The fraction of sp³-hybridized carbons (Fsp3) is 0.562. The van der Waals surface area contributed by atoms with Crippen LogP contribution in [0.15, 0.2) is 24.3 Å². The lowest BCUT2D eigenvalue weighted by Crippen LogP contribution is -2.62. The van der Waals surface area contributed by atoms with Crippen molar-refractivity contribution in [2.75, 3.05) is 58.3 Å². The molecule has 2 aliphatic rings. The second kappa shape index (κ2) is 6.03. The molecule has 2 heterocycles. The van der Waals surface area contributed by atoms with E-state index < -0.39 is 0 Å². The summed E-state index contributed by atoms with van der Waals surface area (Å²) >= 11 is 0. The zero-order valence-electron chi connectivity index (χ0n) is 12.9. The Morgan fingerprint density at radius 2 is 1.71 bits per heavy atom. The third kappa shape index (κ3) is 3.04. The molecule has 1 aromatic rings. The maximum absolute atomic E-state index is 12.5. The molecule has 0 spiro atoms. The molecule has 5 heteroatoms. The summed E-state index contributed by atoms with van der Waals surface area (Å²) in [6, 6.07) is 8.55. The summed E-state index contributed by atoms with van der Waals surface area (Å²) in [6.07, 6.45) is 0. The molecule has 114 valence electrons. The molecule has 0 bridgehead atoms. The van der Waals surface area contributed by atoms with Crippen LogP contribution in [0.25, 0.3) is 0 Å². The molecule has 2 aliphatic heterocycles. The number of hydrogen-bond donors (Lipinski definition) is 1. The molecule has 0 unspecified atom stereocenters. The molecule has 2 fully saturated rings. The summed E-state index contributed by atoms with van der Waals surface area (Å²) in [6.45, 7) is 5.86. The van der Waals surface area contributed by atoms with Gasteiger partial charge in [-0.25, -0.2) is 0 Å². The van der Waals surface area contributed by atoms with E-state index in [1.807, 2.05) is 48.2 Å². The van der Waals surface area contributed by atoms with E-state index in [-0.39, 0.29) is 5.91 Å². The van der Waals surface area contributed by atoms with Gasteiger partial charge in [-0.15, -0.1) is 0 Å². The standard InChI is InChI=1S/C16H24N4O/c1-18(2)14-5-3-13(4-6-14)16(21)20-9-7-19(8-10-20)15-11-17-12-15/h3-6,15,17H,7-12H2,1-2H3. The van der Waals surface area contributed by atoms with Crippen molar-refractivity contribution in [3.63, 3.8) is 0 Å². The molecule has 1 amide bonds. The van der Waals surface area contributed by atoms with E-state index in [4.69, 9.17) is 0 Å². The van der Waals surface area contributed by atoms with Crippen LogP contribution in [0.5, 0.6) is 0 Å². The van der Waals surface area contributed by atoms with E-state index in [1.54, 1.807) is 0 Å². The Balaban J connectivity index is 1.58. The molecule has 1 N–H and O–H groups in total. The highest BCUT2D eigenvalue weighted by Gasteiger charge is 2.29. The first-order valence-electron chi connectivity index (χ1n) is 7.66. The van der Waals surface area contributed by atoms with Crippen LogP contribution in [0.1, 0.15) is 10.4 Å². The van der Waals surface area contributed by atoms with E-state index in [0.717, 1.165) is 50.5 Å². The number of hydrogen-bond acceptors (Lipinski definition) is 4. The zero-order valence-corrected chi connectivity index (χ0v) is 12.9. The fourth-order valence-electron chi connectivity index (χ4n) is 2.91. The Morgan fingerprint density at radius 3 is 2.19 bits per heavy atom. The molecule has 0 atom stereocenters. The minimum absolute atomic E-state index is 0.159. The monoisotopic (exact) mass is 288 g/mol. The average Bonchev–Trinajstić information content (AvgIpc) is 2.46. The smallest absolute Gasteiger partial charge is 0.253 e. The predicted molar refractivity (Wildman–Crippen MR) is 84.9 cm³/mol. The van der Waals surface area contributed by atoms with Gasteiger partial charge in [-0.3, -0.25) is 9.69 Å². The normalized spacial score (nSPS) is 20.2. The first kappa shape index (κ1) is 14.4. The van der Waals surface area contributed by atoms with Crippen molar-refractivity contribution in [2.24, 2.45) is 0 Å². The van der Waals surface area contributed by atoms with Crippen LogP contribution in [0, 0.1) is 0 Å². The number of nitrogens with zero attached hydrogens (tertiary/aromatic N) is 3. The molecule has 0 radical (unpaired) electrons. The van der Waals surface area contributed by atoms with Crippen LogP contribution in [-0.2, 0) is 0 Å². The van der Waals surface area contributed by atoms with Crippen molar-refractivity contribution < 1.29 is 4.79 Å². The summed E-state index contributed by atoms with van der Waals surface area (Å²) in [4.78, 5) is 19.0. The molecule has 21 heavy (non-hydrogen) atoms. The molecule has 0 aliphatic carbocycles. The summed E-state index contributed by atoms with van der Waals surface area (Å²) in [5, 5.41) is 3.31. The van der Waals surface area contributed by atoms with Crippen molar-refractivity contribution in [3.05, 3.63) is 29.8 Å². The van der Waals surface area contributed by atoms with Gasteiger partial charge in [0.25, 0.3) is 5.91 Å². The highest BCUT2D eigenvalue weighted by molar-refractivity contribution is 5.94. The third-order valence-electron chi connectivity index (χ3n) is 4.51. The quantitative estimate of drug-likeness (QED) is 0.878. The molecule has 0 aromatic heterocycles. The summed E-state index contributed by atoms with van der Waals surface area (Å²) in [7, 11) is 4.01. The SMILES string of the molecule is CN(C)c1ccc(C(=O)N2CCN(C3CNC3)CC2)cc1. The van der Waals surface area contributed by atoms with Gasteiger partial charge >= 0.3 is 0 Å². The van der Waals surface area contributed by atoms with Crippen LogP contribution < -0.4 is 10.2 Å². The van der Waals surface area contributed by atoms with Gasteiger partial charge in [0.1, 0.15) is 0 Å². The number of amides is 1. The van der Waals surface area contributed by atoms with Crippen molar-refractivity contribution in [1.29, 1.82) is 0 Å². The van der Waals surface area contributed by atoms with Gasteiger partial charge < -0.3 is 15.1 Å². The van der Waals surface area contributed by atoms with Crippen LogP contribution in [0.4, 0.5) is 5.69 Å². The molecule has 0 saturated carbocycles. The van der Waals surface area contributed by atoms with Gasteiger partial charge in [0.05, 0.1) is 0 Å². The third-order valence-corrected chi connectivity index (χ3v) is 4.51. The van der Waals surface area contributed by atoms with Crippen molar-refractivity contribution in [1.82, 2.24) is 15.1 Å². The number of nitrogens with one attached hydrogen (secondary N) is 1. The van der Waals surface area contributed by atoms with Crippen LogP contribution >= 0.6 is 0 Å². The number of benzene rings is 1. The van der Waals surface area contributed by atoms with Crippen molar-refractivity contribution in [3.8, 4) is 0 Å². The lowest BCUT2D eigenvalue weighted by Gasteiger charge is -2.43. The Hall–Kier alpha value is -1.59. The predicted octanol–water partition coefficient (Wildman–Crippen LogP) is 0.482. The first-order chi connectivity index (χ1) is 10.1. The number of piperazine rings is 1. The maximum Gasteiger partial charge on any atom is 0.253 e. The van der Waals surface area contributed by atoms with E-state index in [9.17, 15) is 4.79 Å². The Bertz CT molecular complexity index is 488. The molecular formula is C16H24N4O. The summed E-state index contributed by atoms with van der Waals surface area (Å²) in [5.41, 5.74) is 1.91. The highest BCUT2D eigenvalue weighted by Crippen LogP contribution is 2.16. The maximum atomic E-state index is 12.5. The van der Waals surface area contributed by atoms with Gasteiger partial charge in [0.15, 0.2) is 0 Å². The van der Waals surface area contributed by atoms with Gasteiger partial charge in [-0.2, -0.15) is 0 Å². The van der Waals surface area contributed by atoms with Gasteiger partial charge in [-0.05, 0) is 24.3 Å². The second-order valence-electron chi connectivity index (χ2n) is 6.08. The lowest BCUT2D eigenvalue weighted by atomic mass is 10.1. The number of rotatable bonds is 3. The van der Waals surface area contributed by atoms with Gasteiger partial charge in [-0.1, -0.05) is 0 Å². The zero-order chi connectivity index (χ0) is 14.8. The highest BCUT2D eigenvalue weighted by atomic mass is 16.2. The van der Waals surface area contributed by atoms with Gasteiger partial charge in [0.2, 0.25) is 0 Å². The van der Waals surface area contributed by atoms with E-state index in [0.29, 0.717) is 6.04 Å². The average molecular weight is 288 g/mol. The van der Waals surface area contributed by atoms with Crippen LogP contribution in [-0.4, -0.2) is 75.1 Å². The molecular weight excluding hydrogens is 264 g/mol. The van der Waals surface area contributed by atoms with Gasteiger partial charge in [0, 0.05) is 70.7 Å². The topological polar surface area (TPSA) is 38.8 Å². The number of carbonyl (C=O) groups excluding carboxylic acids is 1. The van der Waals surface area contributed by atoms with Crippen molar-refractivity contribution >= 4 is 11.6 Å². The Morgan fingerprint density at radius 1 is 1.10 bits per heavy atom. The van der Waals surface area contributed by atoms with E-state index >= 15 is 0 Å². The summed E-state index contributed by atoms with van der Waals surface area (Å²) in [5.74, 6) is 0.159. The minimum atomic E-state index is 0.159. The molecule has 3 rings (SSSR count). The second-order valence-corrected chi connectivity index (χ2v) is 6.08. The largest absolute Gasteiger partial charge is 0.378 e. The van der Waals surface area contributed by atoms with Crippen molar-refractivity contribution in [2.45, 2.75) is 6.04 Å². The fourth-order valence-corrected chi connectivity index (χ4v) is 2.91. The summed E-state index contributed by atoms with van der Waals surface area (Å²) < 4.78 is 0. The number of anilines is 1. The van der Waals surface area contributed by atoms with Crippen LogP contribution in [0.3, 0.4) is 0 Å². The molecule has 5 nitrogen and oxygen atoms in total. The lowest BCUT2D eigenvalue weighted by molar-refractivity contribution is 0.0502. The van der Waals surface area contributed by atoms with E-state index in [1.165, 1.54) is 0 Å². The van der Waals surface area contributed by atoms with E-state index in [2.05, 4.69) is 10.2 Å². The number of carbonyl (C=O) groups is 1. The Labute approximate surface area is 126 Å². The molecule has 1 aromatic carbocycles. The molecule has 2 saturated heterocycles.